The topological polar surface area (TPSA) is 92.4 Å². The minimum Gasteiger partial charge on any atom is -0.396 e. The van der Waals surface area contributed by atoms with Gasteiger partial charge < -0.3 is 10.8 Å². The molecule has 0 spiro atoms. The summed E-state index contributed by atoms with van der Waals surface area (Å²) in [5.74, 6) is -0.800. The normalized spacial score (nSPS) is 13.3. The van der Waals surface area contributed by atoms with Crippen LogP contribution in [0.25, 0.3) is 0 Å². The van der Waals surface area contributed by atoms with E-state index in [2.05, 4.69) is 4.72 Å². The van der Waals surface area contributed by atoms with Crippen LogP contribution in [0.1, 0.15) is 11.7 Å². The van der Waals surface area contributed by atoms with E-state index in [9.17, 15) is 17.9 Å². The summed E-state index contributed by atoms with van der Waals surface area (Å²) in [6.07, 6.45) is -0.949. The first-order valence-corrected chi connectivity index (χ1v) is 8.07. The van der Waals surface area contributed by atoms with Gasteiger partial charge in [-0.2, -0.15) is 11.3 Å². The van der Waals surface area contributed by atoms with Crippen LogP contribution in [0.3, 0.4) is 0 Å². The number of hydrogen-bond donors (Lipinski definition) is 3. The van der Waals surface area contributed by atoms with E-state index < -0.39 is 21.9 Å². The van der Waals surface area contributed by atoms with E-state index in [0.29, 0.717) is 5.56 Å². The van der Waals surface area contributed by atoms with Crippen molar-refractivity contribution in [2.24, 2.45) is 0 Å². The van der Waals surface area contributed by atoms with Gasteiger partial charge >= 0.3 is 0 Å². The fraction of sp³-hybridized carbons (Fsp3) is 0.167. The molecule has 0 saturated carbocycles. The van der Waals surface area contributed by atoms with Crippen molar-refractivity contribution < 1.29 is 17.9 Å². The molecule has 0 aliphatic rings. The second-order valence-corrected chi connectivity index (χ2v) is 6.65. The lowest BCUT2D eigenvalue weighted by molar-refractivity contribution is 0.182. The number of aliphatic hydroxyl groups excluding tert-OH is 1. The molecule has 0 amide bonds. The Morgan fingerprint density at radius 3 is 2.75 bits per heavy atom. The molecule has 5 nitrogen and oxygen atoms in total. The number of sulfonamides is 1. The Morgan fingerprint density at radius 1 is 1.40 bits per heavy atom. The molecule has 1 aromatic heterocycles. The molecule has 4 N–H and O–H groups in total. The predicted molar refractivity (Wildman–Crippen MR) is 75.3 cm³/mol. The third-order valence-electron chi connectivity index (χ3n) is 2.68. The van der Waals surface area contributed by atoms with E-state index in [-0.39, 0.29) is 17.1 Å². The molecule has 1 atom stereocenters. The maximum atomic E-state index is 13.3. The highest BCUT2D eigenvalue weighted by molar-refractivity contribution is 7.89. The number of nitrogen functional groups attached to an aromatic ring is 1. The monoisotopic (exact) mass is 316 g/mol. The fourth-order valence-corrected chi connectivity index (χ4v) is 3.29. The molecule has 20 heavy (non-hydrogen) atoms. The Hall–Kier alpha value is -1.48. The zero-order valence-electron chi connectivity index (χ0n) is 10.3. The van der Waals surface area contributed by atoms with Crippen LogP contribution in [0.15, 0.2) is 39.9 Å². The Labute approximate surface area is 119 Å². The van der Waals surface area contributed by atoms with Crippen molar-refractivity contribution in [3.63, 3.8) is 0 Å². The quantitative estimate of drug-likeness (QED) is 0.729. The van der Waals surface area contributed by atoms with E-state index in [1.54, 1.807) is 16.8 Å². The van der Waals surface area contributed by atoms with Gasteiger partial charge in [0.2, 0.25) is 10.0 Å². The third-order valence-corrected chi connectivity index (χ3v) is 4.80. The second kappa shape index (κ2) is 5.88. The van der Waals surface area contributed by atoms with E-state index in [4.69, 9.17) is 5.73 Å². The molecule has 108 valence electrons. The molecule has 0 aliphatic carbocycles. The van der Waals surface area contributed by atoms with E-state index in [1.165, 1.54) is 23.5 Å². The fourth-order valence-electron chi connectivity index (χ4n) is 1.53. The van der Waals surface area contributed by atoms with Crippen molar-refractivity contribution in [3.8, 4) is 0 Å². The molecule has 2 aromatic rings. The zero-order chi connectivity index (χ0) is 14.8. The van der Waals surface area contributed by atoms with E-state index in [0.717, 1.165) is 6.07 Å². The van der Waals surface area contributed by atoms with Gasteiger partial charge in [0.05, 0.1) is 16.7 Å². The first-order valence-electron chi connectivity index (χ1n) is 5.65. The molecular formula is C12H13FN2O3S2. The largest absolute Gasteiger partial charge is 0.396 e. The molecule has 0 saturated heterocycles. The highest BCUT2D eigenvalue weighted by atomic mass is 32.2. The number of thiophene rings is 1. The summed E-state index contributed by atoms with van der Waals surface area (Å²) in [7, 11) is -3.89. The molecule has 1 heterocycles. The summed E-state index contributed by atoms with van der Waals surface area (Å²) in [4.78, 5) is -0.235. The van der Waals surface area contributed by atoms with Gasteiger partial charge in [-0.25, -0.2) is 17.5 Å². The van der Waals surface area contributed by atoms with E-state index >= 15 is 0 Å². The Morgan fingerprint density at radius 2 is 2.15 bits per heavy atom. The number of benzene rings is 1. The van der Waals surface area contributed by atoms with E-state index in [1.807, 2.05) is 0 Å². The number of rotatable bonds is 5. The summed E-state index contributed by atoms with van der Waals surface area (Å²) < 4.78 is 39.4. The average molecular weight is 316 g/mol. The average Bonchev–Trinajstić information content (AvgIpc) is 2.93. The van der Waals surface area contributed by atoms with Crippen molar-refractivity contribution in [2.75, 3.05) is 12.3 Å². The van der Waals surface area contributed by atoms with Crippen molar-refractivity contribution >= 4 is 27.0 Å². The van der Waals surface area contributed by atoms with Gasteiger partial charge in [-0.15, -0.1) is 0 Å². The summed E-state index contributed by atoms with van der Waals surface area (Å²) in [6.45, 7) is -0.189. The number of anilines is 1. The van der Waals surface area contributed by atoms with Crippen LogP contribution in [0, 0.1) is 5.82 Å². The predicted octanol–water partition coefficient (Wildman–Crippen LogP) is 1.48. The highest BCUT2D eigenvalue weighted by Crippen LogP contribution is 2.18. The lowest BCUT2D eigenvalue weighted by atomic mass is 10.2. The molecule has 0 radical (unpaired) electrons. The van der Waals surface area contributed by atoms with Crippen molar-refractivity contribution in [2.45, 2.75) is 11.0 Å². The number of nitrogens with one attached hydrogen (secondary N) is 1. The van der Waals surface area contributed by atoms with Crippen LogP contribution < -0.4 is 10.5 Å². The van der Waals surface area contributed by atoms with Crippen LogP contribution in [0.4, 0.5) is 10.1 Å². The lowest BCUT2D eigenvalue weighted by Crippen LogP contribution is -2.28. The molecule has 2 rings (SSSR count). The van der Waals surface area contributed by atoms with Gasteiger partial charge in [0.1, 0.15) is 5.82 Å². The summed E-state index contributed by atoms with van der Waals surface area (Å²) in [6, 6.07) is 4.93. The molecule has 0 fully saturated rings. The van der Waals surface area contributed by atoms with Gasteiger partial charge in [-0.05, 0) is 40.6 Å². The molecule has 0 aliphatic heterocycles. The molecule has 1 aromatic carbocycles. The van der Waals surface area contributed by atoms with Gasteiger partial charge in [0.15, 0.2) is 0 Å². The maximum absolute atomic E-state index is 13.3. The van der Waals surface area contributed by atoms with Crippen LogP contribution in [-0.4, -0.2) is 20.1 Å². The Balaban J connectivity index is 2.09. The zero-order valence-corrected chi connectivity index (χ0v) is 11.9. The Bertz CT molecular complexity index is 687. The van der Waals surface area contributed by atoms with Gasteiger partial charge in [-0.1, -0.05) is 0 Å². The van der Waals surface area contributed by atoms with Crippen LogP contribution in [0.5, 0.6) is 0 Å². The van der Waals surface area contributed by atoms with Crippen LogP contribution >= 0.6 is 11.3 Å². The number of halogens is 1. The third kappa shape index (κ3) is 3.34. The first-order chi connectivity index (χ1) is 9.40. The summed E-state index contributed by atoms with van der Waals surface area (Å²) in [5, 5.41) is 13.3. The molecule has 0 bridgehead atoms. The summed E-state index contributed by atoms with van der Waals surface area (Å²) in [5.41, 5.74) is 5.79. The minimum absolute atomic E-state index is 0.123. The first kappa shape index (κ1) is 14.9. The maximum Gasteiger partial charge on any atom is 0.240 e. The highest BCUT2D eigenvalue weighted by Gasteiger charge is 2.18. The van der Waals surface area contributed by atoms with Crippen molar-refractivity contribution in [1.82, 2.24) is 4.72 Å². The minimum atomic E-state index is -3.89. The van der Waals surface area contributed by atoms with Crippen LogP contribution in [0.2, 0.25) is 0 Å². The van der Waals surface area contributed by atoms with Gasteiger partial charge in [0.25, 0.3) is 0 Å². The Kier molecular flexibility index (Phi) is 4.39. The number of nitrogens with two attached hydrogens (primary N) is 1. The lowest BCUT2D eigenvalue weighted by Gasteiger charge is -2.11. The number of hydrogen-bond acceptors (Lipinski definition) is 5. The van der Waals surface area contributed by atoms with Gasteiger partial charge in [0, 0.05) is 6.54 Å². The van der Waals surface area contributed by atoms with Crippen molar-refractivity contribution in [3.05, 3.63) is 46.4 Å². The summed E-state index contributed by atoms with van der Waals surface area (Å²) >= 11 is 1.40. The standard InChI is InChI=1S/C12H13FN2O3S2/c13-10-5-9(1-2-11(10)14)20(17,18)15-6-12(16)8-3-4-19-7-8/h1-5,7,12,15-16H,6,14H2. The SMILES string of the molecule is Nc1ccc(S(=O)(=O)NCC(O)c2ccsc2)cc1F. The van der Waals surface area contributed by atoms with Crippen LogP contribution in [-0.2, 0) is 10.0 Å². The number of aliphatic hydroxyl groups is 1. The second-order valence-electron chi connectivity index (χ2n) is 4.11. The van der Waals surface area contributed by atoms with Crippen molar-refractivity contribution in [1.29, 1.82) is 0 Å². The smallest absolute Gasteiger partial charge is 0.240 e. The molecule has 1 unspecified atom stereocenters. The molecule has 8 heteroatoms. The molecular weight excluding hydrogens is 303 g/mol. The van der Waals surface area contributed by atoms with Gasteiger partial charge in [-0.3, -0.25) is 0 Å².